The molecule has 2 aliphatic rings. The molecule has 0 aliphatic carbocycles. The van der Waals surface area contributed by atoms with Gasteiger partial charge in [-0.2, -0.15) is 0 Å². The molecule has 2 aliphatic heterocycles. The lowest BCUT2D eigenvalue weighted by Gasteiger charge is -2.37. The van der Waals surface area contributed by atoms with Crippen LogP contribution in [0.15, 0.2) is 18.2 Å². The Bertz CT molecular complexity index is 570. The third kappa shape index (κ3) is 2.13. The van der Waals surface area contributed by atoms with Gasteiger partial charge in [0.2, 0.25) is 5.91 Å². The maximum Gasteiger partial charge on any atom is 0.254 e. The fraction of sp³-hybridized carbons (Fsp3) is 0.467. The number of piperazine rings is 1. The number of carbonyl (C=O) groups is 2. The molecule has 106 valence electrons. The first-order valence-electron chi connectivity index (χ1n) is 6.94. The van der Waals surface area contributed by atoms with Gasteiger partial charge < -0.3 is 14.9 Å². The highest BCUT2D eigenvalue weighted by Gasteiger charge is 2.37. The Morgan fingerprint density at radius 1 is 1.35 bits per heavy atom. The van der Waals surface area contributed by atoms with Crippen LogP contribution in [0.25, 0.3) is 0 Å². The van der Waals surface area contributed by atoms with E-state index in [0.29, 0.717) is 31.6 Å². The van der Waals surface area contributed by atoms with Crippen molar-refractivity contribution >= 4 is 11.8 Å². The molecule has 2 saturated heterocycles. The molecule has 20 heavy (non-hydrogen) atoms. The second-order valence-corrected chi connectivity index (χ2v) is 5.53. The molecule has 3 rings (SSSR count). The number of hydrogen-bond donors (Lipinski definition) is 1. The Balaban J connectivity index is 1.75. The van der Waals surface area contributed by atoms with Gasteiger partial charge >= 0.3 is 0 Å². The third-order valence-corrected chi connectivity index (χ3v) is 4.24. The number of phenolic OH excluding ortho intramolecular Hbond substituents is 1. The Kier molecular flexibility index (Phi) is 3.12. The lowest BCUT2D eigenvalue weighted by Crippen LogP contribution is -2.53. The Morgan fingerprint density at radius 2 is 2.15 bits per heavy atom. The molecular formula is C15H18N2O3. The Labute approximate surface area is 117 Å². The van der Waals surface area contributed by atoms with E-state index in [1.165, 1.54) is 6.07 Å². The number of nitrogens with zero attached hydrogens (tertiary/aromatic N) is 2. The van der Waals surface area contributed by atoms with E-state index >= 15 is 0 Å². The largest absolute Gasteiger partial charge is 0.508 e. The van der Waals surface area contributed by atoms with Crippen LogP contribution in [-0.4, -0.2) is 52.4 Å². The Morgan fingerprint density at radius 3 is 2.90 bits per heavy atom. The molecule has 5 nitrogen and oxygen atoms in total. The second kappa shape index (κ2) is 4.81. The molecule has 1 N–H and O–H groups in total. The first-order chi connectivity index (χ1) is 9.56. The zero-order valence-electron chi connectivity index (χ0n) is 11.5. The number of aryl methyl sites for hydroxylation is 1. The molecule has 1 unspecified atom stereocenters. The van der Waals surface area contributed by atoms with Crippen LogP contribution < -0.4 is 0 Å². The van der Waals surface area contributed by atoms with Crippen molar-refractivity contribution in [3.8, 4) is 5.75 Å². The highest BCUT2D eigenvalue weighted by atomic mass is 16.3. The first-order valence-corrected chi connectivity index (χ1v) is 6.94. The van der Waals surface area contributed by atoms with Crippen LogP contribution in [0.2, 0.25) is 0 Å². The monoisotopic (exact) mass is 274 g/mol. The summed E-state index contributed by atoms with van der Waals surface area (Å²) in [5.74, 6) is 0.278. The normalized spacial score (nSPS) is 22.1. The predicted molar refractivity (Wildman–Crippen MR) is 73.5 cm³/mol. The number of rotatable bonds is 1. The fourth-order valence-corrected chi connectivity index (χ4v) is 2.97. The van der Waals surface area contributed by atoms with Gasteiger partial charge in [0.1, 0.15) is 5.75 Å². The van der Waals surface area contributed by atoms with Crippen molar-refractivity contribution in [2.45, 2.75) is 25.8 Å². The number of fused-ring (bicyclic) bond motifs is 1. The van der Waals surface area contributed by atoms with Crippen LogP contribution >= 0.6 is 0 Å². The van der Waals surface area contributed by atoms with Crippen molar-refractivity contribution in [3.63, 3.8) is 0 Å². The molecule has 0 aromatic heterocycles. The third-order valence-electron chi connectivity index (χ3n) is 4.24. The summed E-state index contributed by atoms with van der Waals surface area (Å²) < 4.78 is 0. The van der Waals surface area contributed by atoms with E-state index in [4.69, 9.17) is 0 Å². The Hall–Kier alpha value is -2.04. The van der Waals surface area contributed by atoms with E-state index in [1.807, 2.05) is 4.90 Å². The first kappa shape index (κ1) is 13.0. The summed E-state index contributed by atoms with van der Waals surface area (Å²) in [5.41, 5.74) is 1.26. The van der Waals surface area contributed by atoms with E-state index in [2.05, 4.69) is 0 Å². The molecule has 5 heteroatoms. The maximum atomic E-state index is 12.4. The van der Waals surface area contributed by atoms with Gasteiger partial charge in [0.25, 0.3) is 5.91 Å². The molecule has 0 radical (unpaired) electrons. The van der Waals surface area contributed by atoms with Crippen LogP contribution in [0.1, 0.15) is 28.8 Å². The SMILES string of the molecule is Cc1ccc(C(=O)N2CCN3C(=O)CCC3C2)cc1O. The average Bonchev–Trinajstić information content (AvgIpc) is 2.82. The van der Waals surface area contributed by atoms with Crippen molar-refractivity contribution in [3.05, 3.63) is 29.3 Å². The van der Waals surface area contributed by atoms with Crippen LogP contribution in [-0.2, 0) is 4.79 Å². The number of aromatic hydroxyl groups is 1. The highest BCUT2D eigenvalue weighted by molar-refractivity contribution is 5.95. The van der Waals surface area contributed by atoms with Gasteiger partial charge in [-0.1, -0.05) is 6.07 Å². The molecule has 1 aromatic rings. The quantitative estimate of drug-likeness (QED) is 0.835. The standard InChI is InChI=1S/C15H18N2O3/c1-10-2-3-11(8-13(10)18)15(20)16-6-7-17-12(9-16)4-5-14(17)19/h2-3,8,12,18H,4-7,9H2,1H3. The molecule has 1 atom stereocenters. The molecule has 1 aromatic carbocycles. The summed E-state index contributed by atoms with van der Waals surface area (Å²) in [4.78, 5) is 27.7. The zero-order chi connectivity index (χ0) is 14.3. The van der Waals surface area contributed by atoms with Gasteiger partial charge in [0.05, 0.1) is 0 Å². The summed E-state index contributed by atoms with van der Waals surface area (Å²) in [5, 5.41) is 9.71. The summed E-state index contributed by atoms with van der Waals surface area (Å²) >= 11 is 0. The number of phenols is 1. The zero-order valence-corrected chi connectivity index (χ0v) is 11.5. The topological polar surface area (TPSA) is 60.9 Å². The maximum absolute atomic E-state index is 12.4. The summed E-state index contributed by atoms with van der Waals surface area (Å²) in [7, 11) is 0. The number of carbonyl (C=O) groups excluding carboxylic acids is 2. The molecule has 0 bridgehead atoms. The summed E-state index contributed by atoms with van der Waals surface area (Å²) in [6.45, 7) is 3.58. The number of amides is 2. The van der Waals surface area contributed by atoms with Gasteiger partial charge in [0.15, 0.2) is 0 Å². The van der Waals surface area contributed by atoms with Crippen LogP contribution in [0.5, 0.6) is 5.75 Å². The molecule has 2 heterocycles. The van der Waals surface area contributed by atoms with Gasteiger partial charge in [0, 0.05) is 37.7 Å². The summed E-state index contributed by atoms with van der Waals surface area (Å²) in [6, 6.07) is 5.17. The second-order valence-electron chi connectivity index (χ2n) is 5.53. The number of hydrogen-bond acceptors (Lipinski definition) is 3. The van der Waals surface area contributed by atoms with Crippen molar-refractivity contribution in [2.75, 3.05) is 19.6 Å². The van der Waals surface area contributed by atoms with E-state index in [-0.39, 0.29) is 23.6 Å². The van der Waals surface area contributed by atoms with Gasteiger partial charge in [-0.25, -0.2) is 0 Å². The van der Waals surface area contributed by atoms with Gasteiger partial charge in [-0.05, 0) is 31.0 Å². The average molecular weight is 274 g/mol. The van der Waals surface area contributed by atoms with E-state index in [9.17, 15) is 14.7 Å². The minimum absolute atomic E-state index is 0.0701. The minimum atomic E-state index is -0.0701. The van der Waals surface area contributed by atoms with Crippen LogP contribution in [0.4, 0.5) is 0 Å². The van der Waals surface area contributed by atoms with Gasteiger partial charge in [-0.15, -0.1) is 0 Å². The molecule has 2 fully saturated rings. The highest BCUT2D eigenvalue weighted by Crippen LogP contribution is 2.25. The van der Waals surface area contributed by atoms with Gasteiger partial charge in [-0.3, -0.25) is 9.59 Å². The number of benzene rings is 1. The lowest BCUT2D eigenvalue weighted by molar-refractivity contribution is -0.130. The van der Waals surface area contributed by atoms with Crippen molar-refractivity contribution in [1.82, 2.24) is 9.80 Å². The van der Waals surface area contributed by atoms with Crippen LogP contribution in [0, 0.1) is 6.92 Å². The minimum Gasteiger partial charge on any atom is -0.508 e. The predicted octanol–water partition coefficient (Wildman–Crippen LogP) is 1.15. The van der Waals surface area contributed by atoms with Crippen molar-refractivity contribution < 1.29 is 14.7 Å². The molecule has 0 saturated carbocycles. The van der Waals surface area contributed by atoms with E-state index in [1.54, 1.807) is 24.0 Å². The van der Waals surface area contributed by atoms with Crippen LogP contribution in [0.3, 0.4) is 0 Å². The molecule has 2 amide bonds. The lowest BCUT2D eigenvalue weighted by atomic mass is 10.1. The smallest absolute Gasteiger partial charge is 0.254 e. The van der Waals surface area contributed by atoms with E-state index < -0.39 is 0 Å². The van der Waals surface area contributed by atoms with E-state index in [0.717, 1.165) is 12.0 Å². The van der Waals surface area contributed by atoms with Crippen molar-refractivity contribution in [1.29, 1.82) is 0 Å². The summed E-state index contributed by atoms with van der Waals surface area (Å²) in [6.07, 6.45) is 1.43. The molecular weight excluding hydrogens is 256 g/mol. The molecule has 0 spiro atoms. The fourth-order valence-electron chi connectivity index (χ4n) is 2.97. The van der Waals surface area contributed by atoms with Crippen molar-refractivity contribution in [2.24, 2.45) is 0 Å².